The van der Waals surface area contributed by atoms with Gasteiger partial charge in [0.05, 0.1) is 12.9 Å². The Labute approximate surface area is 151 Å². The molecule has 9 heteroatoms. The lowest BCUT2D eigenvalue weighted by atomic mass is 10.3. The van der Waals surface area contributed by atoms with E-state index in [4.69, 9.17) is 4.74 Å². The van der Waals surface area contributed by atoms with Gasteiger partial charge in [0.2, 0.25) is 0 Å². The van der Waals surface area contributed by atoms with E-state index in [0.717, 1.165) is 61.2 Å². The molecule has 0 N–H and O–H groups in total. The summed E-state index contributed by atoms with van der Waals surface area (Å²) in [5.74, 6) is 1.87. The van der Waals surface area contributed by atoms with Gasteiger partial charge in [-0.3, -0.25) is 0 Å². The summed E-state index contributed by atoms with van der Waals surface area (Å²) in [5, 5.41) is 0. The van der Waals surface area contributed by atoms with E-state index in [2.05, 4.69) is 34.7 Å². The third-order valence-electron chi connectivity index (χ3n) is 4.61. The minimum Gasteiger partial charge on any atom is -0.383 e. The number of ether oxygens (including phenoxy) is 1. The maximum absolute atomic E-state index is 5.15. The lowest BCUT2D eigenvalue weighted by molar-refractivity contribution is 0.188. The first-order valence-electron chi connectivity index (χ1n) is 8.69. The van der Waals surface area contributed by atoms with Crippen LogP contribution in [-0.2, 0) is 11.3 Å². The second kappa shape index (κ2) is 7.20. The highest BCUT2D eigenvalue weighted by molar-refractivity contribution is 5.83. The van der Waals surface area contributed by atoms with Gasteiger partial charge in [0.1, 0.15) is 18.5 Å². The topological polar surface area (TPSA) is 85.1 Å². The number of fused-ring (bicyclic) bond motifs is 1. The molecule has 0 amide bonds. The van der Waals surface area contributed by atoms with Crippen LogP contribution in [-0.4, -0.2) is 69.4 Å². The van der Waals surface area contributed by atoms with Gasteiger partial charge in [-0.1, -0.05) is 0 Å². The van der Waals surface area contributed by atoms with E-state index in [-0.39, 0.29) is 0 Å². The van der Waals surface area contributed by atoms with Crippen molar-refractivity contribution in [2.24, 2.45) is 0 Å². The standard InChI is InChI=1S/C17H22N8O/c1-13-9-14(19-10-18-13)23-3-5-24(6-4-23)16-15-17(21-11-20-16)25(12-22-15)7-8-26-2/h9-12H,3-8H2,1-2H3. The molecule has 4 heterocycles. The Hall–Kier alpha value is -2.81. The molecule has 0 bridgehead atoms. The highest BCUT2D eigenvalue weighted by atomic mass is 16.5. The highest BCUT2D eigenvalue weighted by Crippen LogP contribution is 2.23. The lowest BCUT2D eigenvalue weighted by Crippen LogP contribution is -2.47. The predicted octanol–water partition coefficient (Wildman–Crippen LogP) is 0.898. The number of anilines is 2. The van der Waals surface area contributed by atoms with E-state index >= 15 is 0 Å². The zero-order valence-corrected chi connectivity index (χ0v) is 15.0. The maximum Gasteiger partial charge on any atom is 0.165 e. The number of aromatic nitrogens is 6. The quantitative estimate of drug-likeness (QED) is 0.668. The fourth-order valence-electron chi connectivity index (χ4n) is 3.21. The van der Waals surface area contributed by atoms with Crippen LogP contribution in [0.25, 0.3) is 11.2 Å². The van der Waals surface area contributed by atoms with Crippen LogP contribution in [0.3, 0.4) is 0 Å². The van der Waals surface area contributed by atoms with Gasteiger partial charge in [-0.2, -0.15) is 0 Å². The number of imidazole rings is 1. The van der Waals surface area contributed by atoms with Gasteiger partial charge < -0.3 is 19.1 Å². The highest BCUT2D eigenvalue weighted by Gasteiger charge is 2.22. The molecule has 0 aromatic carbocycles. The van der Waals surface area contributed by atoms with Crippen molar-refractivity contribution in [2.45, 2.75) is 13.5 Å². The molecule has 4 rings (SSSR count). The van der Waals surface area contributed by atoms with E-state index in [1.165, 1.54) is 0 Å². The summed E-state index contributed by atoms with van der Waals surface area (Å²) in [5.41, 5.74) is 2.67. The molecule has 3 aromatic rings. The molecule has 1 saturated heterocycles. The minimum atomic E-state index is 0.627. The first-order valence-corrected chi connectivity index (χ1v) is 8.69. The van der Waals surface area contributed by atoms with Gasteiger partial charge in [0.25, 0.3) is 0 Å². The monoisotopic (exact) mass is 354 g/mol. The first kappa shape index (κ1) is 16.6. The van der Waals surface area contributed by atoms with Crippen LogP contribution in [0.5, 0.6) is 0 Å². The van der Waals surface area contributed by atoms with Crippen molar-refractivity contribution >= 4 is 22.8 Å². The summed E-state index contributed by atoms with van der Waals surface area (Å²) in [7, 11) is 1.69. The van der Waals surface area contributed by atoms with Crippen molar-refractivity contribution in [1.29, 1.82) is 0 Å². The second-order valence-corrected chi connectivity index (χ2v) is 6.29. The van der Waals surface area contributed by atoms with Crippen molar-refractivity contribution in [3.8, 4) is 0 Å². The number of piperazine rings is 1. The molecule has 0 unspecified atom stereocenters. The number of nitrogens with zero attached hydrogens (tertiary/aromatic N) is 8. The van der Waals surface area contributed by atoms with Crippen LogP contribution in [0.15, 0.2) is 25.0 Å². The Morgan fingerprint density at radius 1 is 0.962 bits per heavy atom. The van der Waals surface area contributed by atoms with E-state index in [0.29, 0.717) is 6.61 Å². The molecule has 0 aliphatic carbocycles. The molecule has 136 valence electrons. The summed E-state index contributed by atoms with van der Waals surface area (Å²) in [6.07, 6.45) is 5.04. The summed E-state index contributed by atoms with van der Waals surface area (Å²) in [6, 6.07) is 2.02. The largest absolute Gasteiger partial charge is 0.383 e. The van der Waals surface area contributed by atoms with Crippen molar-refractivity contribution < 1.29 is 4.74 Å². The fourth-order valence-corrected chi connectivity index (χ4v) is 3.21. The number of hydrogen-bond acceptors (Lipinski definition) is 8. The van der Waals surface area contributed by atoms with Crippen LogP contribution >= 0.6 is 0 Å². The van der Waals surface area contributed by atoms with E-state index in [1.807, 2.05) is 23.9 Å². The maximum atomic E-state index is 5.15. The predicted molar refractivity (Wildman–Crippen MR) is 98.4 cm³/mol. The number of aryl methyl sites for hydroxylation is 1. The summed E-state index contributed by atoms with van der Waals surface area (Å²) in [4.78, 5) is 26.5. The van der Waals surface area contributed by atoms with Crippen molar-refractivity contribution in [1.82, 2.24) is 29.5 Å². The summed E-state index contributed by atoms with van der Waals surface area (Å²) in [6.45, 7) is 6.82. The second-order valence-electron chi connectivity index (χ2n) is 6.29. The Morgan fingerprint density at radius 3 is 2.50 bits per heavy atom. The summed E-state index contributed by atoms with van der Waals surface area (Å²) >= 11 is 0. The van der Waals surface area contributed by atoms with E-state index in [9.17, 15) is 0 Å². The Morgan fingerprint density at radius 2 is 1.73 bits per heavy atom. The molecule has 1 fully saturated rings. The Balaban J connectivity index is 1.51. The molecule has 0 saturated carbocycles. The van der Waals surface area contributed by atoms with Crippen LogP contribution in [0.4, 0.5) is 11.6 Å². The van der Waals surface area contributed by atoms with Gasteiger partial charge in [-0.05, 0) is 6.92 Å². The van der Waals surface area contributed by atoms with Gasteiger partial charge in [-0.25, -0.2) is 24.9 Å². The van der Waals surface area contributed by atoms with Gasteiger partial charge in [-0.15, -0.1) is 0 Å². The molecular formula is C17H22N8O. The van der Waals surface area contributed by atoms with Crippen LogP contribution in [0.2, 0.25) is 0 Å². The minimum absolute atomic E-state index is 0.627. The molecular weight excluding hydrogens is 332 g/mol. The molecule has 3 aromatic heterocycles. The normalized spacial score (nSPS) is 15.0. The molecule has 0 spiro atoms. The Bertz CT molecular complexity index is 887. The van der Waals surface area contributed by atoms with E-state index < -0.39 is 0 Å². The van der Waals surface area contributed by atoms with Gasteiger partial charge in [0.15, 0.2) is 17.0 Å². The molecule has 0 radical (unpaired) electrons. The zero-order chi connectivity index (χ0) is 17.9. The average molecular weight is 354 g/mol. The molecule has 26 heavy (non-hydrogen) atoms. The summed E-state index contributed by atoms with van der Waals surface area (Å²) < 4.78 is 7.16. The van der Waals surface area contributed by atoms with Crippen molar-refractivity contribution in [3.63, 3.8) is 0 Å². The number of rotatable bonds is 5. The fraction of sp³-hybridized carbons (Fsp3) is 0.471. The molecule has 0 atom stereocenters. The smallest absolute Gasteiger partial charge is 0.165 e. The van der Waals surface area contributed by atoms with Crippen LogP contribution in [0, 0.1) is 6.92 Å². The molecule has 9 nitrogen and oxygen atoms in total. The molecule has 1 aliphatic rings. The molecule has 1 aliphatic heterocycles. The zero-order valence-electron chi connectivity index (χ0n) is 15.0. The van der Waals surface area contributed by atoms with Gasteiger partial charge >= 0.3 is 0 Å². The lowest BCUT2D eigenvalue weighted by Gasteiger charge is -2.36. The number of hydrogen-bond donors (Lipinski definition) is 0. The van der Waals surface area contributed by atoms with Crippen LogP contribution in [0.1, 0.15) is 5.69 Å². The van der Waals surface area contributed by atoms with Gasteiger partial charge in [0, 0.05) is 51.6 Å². The Kier molecular flexibility index (Phi) is 4.61. The van der Waals surface area contributed by atoms with Crippen LogP contribution < -0.4 is 9.80 Å². The first-order chi connectivity index (χ1) is 12.8. The van der Waals surface area contributed by atoms with Crippen molar-refractivity contribution in [3.05, 3.63) is 30.7 Å². The average Bonchev–Trinajstić information content (AvgIpc) is 3.10. The number of methoxy groups -OCH3 is 1. The van der Waals surface area contributed by atoms with E-state index in [1.54, 1.807) is 19.8 Å². The SMILES string of the molecule is COCCn1cnc2c(N3CCN(c4cc(C)ncn4)CC3)ncnc21. The van der Waals surface area contributed by atoms with Crippen molar-refractivity contribution in [2.75, 3.05) is 49.7 Å². The third-order valence-corrected chi connectivity index (χ3v) is 4.61. The third kappa shape index (κ3) is 3.17.